The lowest BCUT2D eigenvalue weighted by molar-refractivity contribution is -0.130. The Labute approximate surface area is 123 Å². The van der Waals surface area contributed by atoms with Gasteiger partial charge in [0.2, 0.25) is 5.91 Å². The van der Waals surface area contributed by atoms with Gasteiger partial charge in [0, 0.05) is 19.0 Å². The quantitative estimate of drug-likeness (QED) is 0.897. The number of aryl methyl sites for hydroxylation is 1. The van der Waals surface area contributed by atoms with E-state index in [2.05, 4.69) is 0 Å². The molecule has 0 radical (unpaired) electrons. The summed E-state index contributed by atoms with van der Waals surface area (Å²) in [7, 11) is 1.64. The van der Waals surface area contributed by atoms with Crippen LogP contribution < -0.4 is 0 Å². The van der Waals surface area contributed by atoms with Crippen LogP contribution in [0.4, 0.5) is 0 Å². The maximum Gasteiger partial charge on any atom is 0.240 e. The Bertz CT molecular complexity index is 482. The topological polar surface area (TPSA) is 57.6 Å². The zero-order valence-electron chi connectivity index (χ0n) is 12.7. The first-order valence-corrected chi connectivity index (χ1v) is 7.83. The summed E-state index contributed by atoms with van der Waals surface area (Å²) < 4.78 is 12.7. The minimum atomic E-state index is -1.57. The molecule has 0 saturated heterocycles. The Morgan fingerprint density at radius 2 is 1.70 bits per heavy atom. The minimum Gasteiger partial charge on any atom is -0.391 e. The average Bonchev–Trinajstić information content (AvgIpc) is 2.39. The number of benzene rings is 1. The van der Waals surface area contributed by atoms with Gasteiger partial charge in [-0.3, -0.25) is 9.00 Å². The summed E-state index contributed by atoms with van der Waals surface area (Å²) >= 11 is 0. The van der Waals surface area contributed by atoms with Crippen molar-refractivity contribution in [3.05, 3.63) is 29.8 Å². The summed E-state index contributed by atoms with van der Waals surface area (Å²) in [5.74, 6) is -0.455. The van der Waals surface area contributed by atoms with Crippen LogP contribution in [0.25, 0.3) is 0 Å². The van der Waals surface area contributed by atoms with Crippen molar-refractivity contribution in [2.45, 2.75) is 37.0 Å². The highest BCUT2D eigenvalue weighted by atomic mass is 32.2. The number of carbonyl (C=O) groups is 1. The van der Waals surface area contributed by atoms with Crippen LogP contribution in [-0.2, 0) is 15.6 Å². The first-order valence-electron chi connectivity index (χ1n) is 6.62. The molecule has 0 fully saturated rings. The Morgan fingerprint density at radius 3 is 2.10 bits per heavy atom. The van der Waals surface area contributed by atoms with Crippen molar-refractivity contribution in [2.24, 2.45) is 5.92 Å². The molecule has 0 aliphatic carbocycles. The molecule has 1 amide bonds. The van der Waals surface area contributed by atoms with Crippen LogP contribution in [0.1, 0.15) is 19.4 Å². The second-order valence-electron chi connectivity index (χ2n) is 5.50. The molecule has 1 N–H and O–H groups in total. The van der Waals surface area contributed by atoms with Crippen LogP contribution in [0.15, 0.2) is 29.2 Å². The summed E-state index contributed by atoms with van der Waals surface area (Å²) in [6.07, 6.45) is -0.938. The summed E-state index contributed by atoms with van der Waals surface area (Å²) in [4.78, 5) is 14.2. The molecule has 0 aliphatic rings. The zero-order valence-corrected chi connectivity index (χ0v) is 13.5. The lowest BCUT2D eigenvalue weighted by Gasteiger charge is -2.26. The molecule has 112 valence electrons. The fourth-order valence-corrected chi connectivity index (χ4v) is 3.45. The fourth-order valence-electron chi connectivity index (χ4n) is 1.79. The van der Waals surface area contributed by atoms with E-state index in [0.29, 0.717) is 4.90 Å². The third kappa shape index (κ3) is 3.90. The predicted molar refractivity (Wildman–Crippen MR) is 80.9 cm³/mol. The Kier molecular flexibility index (Phi) is 5.89. The van der Waals surface area contributed by atoms with Gasteiger partial charge >= 0.3 is 0 Å². The van der Waals surface area contributed by atoms with E-state index >= 15 is 0 Å². The van der Waals surface area contributed by atoms with Crippen molar-refractivity contribution in [1.82, 2.24) is 4.90 Å². The third-order valence-corrected chi connectivity index (χ3v) is 4.84. The van der Waals surface area contributed by atoms with E-state index in [4.69, 9.17) is 0 Å². The second-order valence-corrected chi connectivity index (χ2v) is 7.07. The molecule has 3 unspecified atom stereocenters. The van der Waals surface area contributed by atoms with E-state index in [-0.39, 0.29) is 11.8 Å². The van der Waals surface area contributed by atoms with Gasteiger partial charge in [-0.15, -0.1) is 0 Å². The second kappa shape index (κ2) is 6.99. The molecule has 0 aliphatic heterocycles. The highest BCUT2D eigenvalue weighted by Crippen LogP contribution is 2.20. The lowest BCUT2D eigenvalue weighted by Crippen LogP contribution is -2.46. The minimum absolute atomic E-state index is 0.140. The smallest absolute Gasteiger partial charge is 0.240 e. The van der Waals surface area contributed by atoms with Gasteiger partial charge in [0.15, 0.2) is 0 Å². The first kappa shape index (κ1) is 16.9. The van der Waals surface area contributed by atoms with Gasteiger partial charge < -0.3 is 10.0 Å². The number of hydrogen-bond acceptors (Lipinski definition) is 3. The fraction of sp³-hybridized carbons (Fsp3) is 0.533. The number of nitrogens with zero attached hydrogens (tertiary/aromatic N) is 1. The molecule has 4 nitrogen and oxygen atoms in total. The lowest BCUT2D eigenvalue weighted by atomic mass is 10.0. The van der Waals surface area contributed by atoms with Crippen molar-refractivity contribution in [3.8, 4) is 0 Å². The van der Waals surface area contributed by atoms with Crippen LogP contribution in [-0.4, -0.2) is 45.6 Å². The Hall–Kier alpha value is -1.20. The van der Waals surface area contributed by atoms with Gasteiger partial charge in [-0.1, -0.05) is 31.5 Å². The zero-order chi connectivity index (χ0) is 15.4. The van der Waals surface area contributed by atoms with Gasteiger partial charge in [0.25, 0.3) is 0 Å². The standard InChI is InChI=1S/C15H23NO3S/c1-10(2)13(17)14(15(18)16(4)5)20(19)12-8-6-11(3)7-9-12/h6-10,13-14,17H,1-5H3. The van der Waals surface area contributed by atoms with E-state index < -0.39 is 22.2 Å². The van der Waals surface area contributed by atoms with Crippen LogP contribution in [0.5, 0.6) is 0 Å². The Morgan fingerprint density at radius 1 is 1.20 bits per heavy atom. The number of amides is 1. The van der Waals surface area contributed by atoms with Crippen LogP contribution in [0, 0.1) is 12.8 Å². The van der Waals surface area contributed by atoms with E-state index in [0.717, 1.165) is 5.56 Å². The summed E-state index contributed by atoms with van der Waals surface area (Å²) in [6, 6.07) is 7.20. The molecular formula is C15H23NO3S. The van der Waals surface area contributed by atoms with Crippen molar-refractivity contribution in [3.63, 3.8) is 0 Å². The van der Waals surface area contributed by atoms with Gasteiger partial charge in [0.1, 0.15) is 5.25 Å². The molecule has 0 spiro atoms. The molecule has 1 aromatic rings. The van der Waals surface area contributed by atoms with Gasteiger partial charge in [-0.05, 0) is 25.0 Å². The van der Waals surface area contributed by atoms with Crippen LogP contribution in [0.3, 0.4) is 0 Å². The largest absolute Gasteiger partial charge is 0.391 e. The molecule has 0 heterocycles. The molecule has 5 heteroatoms. The van der Waals surface area contributed by atoms with Gasteiger partial charge in [-0.25, -0.2) is 0 Å². The maximum atomic E-state index is 12.7. The molecule has 0 saturated carbocycles. The van der Waals surface area contributed by atoms with Crippen molar-refractivity contribution in [2.75, 3.05) is 14.1 Å². The number of aliphatic hydroxyl groups is 1. The highest BCUT2D eigenvalue weighted by Gasteiger charge is 2.36. The van der Waals surface area contributed by atoms with Gasteiger partial charge in [-0.2, -0.15) is 0 Å². The predicted octanol–water partition coefficient (Wildman–Crippen LogP) is 1.58. The summed E-state index contributed by atoms with van der Waals surface area (Å²) in [6.45, 7) is 5.57. The van der Waals surface area contributed by atoms with Gasteiger partial charge in [0.05, 0.1) is 16.9 Å². The highest BCUT2D eigenvalue weighted by molar-refractivity contribution is 7.86. The molecule has 0 bridgehead atoms. The molecule has 20 heavy (non-hydrogen) atoms. The molecular weight excluding hydrogens is 274 g/mol. The molecule has 1 rings (SSSR count). The maximum absolute atomic E-state index is 12.7. The van der Waals surface area contributed by atoms with Crippen molar-refractivity contribution in [1.29, 1.82) is 0 Å². The first-order chi connectivity index (χ1) is 9.25. The number of aliphatic hydroxyl groups excluding tert-OH is 1. The Balaban J connectivity index is 3.13. The average molecular weight is 297 g/mol. The number of rotatable bonds is 5. The summed E-state index contributed by atoms with van der Waals surface area (Å²) in [5.41, 5.74) is 1.06. The third-order valence-electron chi connectivity index (χ3n) is 3.16. The van der Waals surface area contributed by atoms with Crippen LogP contribution in [0.2, 0.25) is 0 Å². The van der Waals surface area contributed by atoms with E-state index in [1.165, 1.54) is 4.90 Å². The normalized spacial score (nSPS) is 15.8. The van der Waals surface area contributed by atoms with Crippen molar-refractivity contribution < 1.29 is 14.1 Å². The molecule has 1 aromatic carbocycles. The van der Waals surface area contributed by atoms with Crippen LogP contribution >= 0.6 is 0 Å². The van der Waals surface area contributed by atoms with E-state index in [1.54, 1.807) is 26.2 Å². The number of carbonyl (C=O) groups excluding carboxylic acids is 1. The molecule has 3 atom stereocenters. The SMILES string of the molecule is Cc1ccc(S(=O)C(C(=O)N(C)C)C(O)C(C)C)cc1. The van der Waals surface area contributed by atoms with E-state index in [9.17, 15) is 14.1 Å². The summed E-state index contributed by atoms with van der Waals surface area (Å²) in [5, 5.41) is 9.31. The van der Waals surface area contributed by atoms with Crippen molar-refractivity contribution >= 4 is 16.7 Å². The van der Waals surface area contributed by atoms with E-state index in [1.807, 2.05) is 32.9 Å². The number of hydrogen-bond donors (Lipinski definition) is 1. The monoisotopic (exact) mass is 297 g/mol. The molecule has 0 aromatic heterocycles.